The second kappa shape index (κ2) is 6.89. The third kappa shape index (κ3) is 3.05. The van der Waals surface area contributed by atoms with Crippen LogP contribution in [0.5, 0.6) is 0 Å². The summed E-state index contributed by atoms with van der Waals surface area (Å²) in [5.41, 5.74) is 10.9. The van der Waals surface area contributed by atoms with E-state index in [0.717, 1.165) is 21.2 Å². The van der Waals surface area contributed by atoms with Crippen molar-refractivity contribution >= 4 is 27.6 Å². The first-order chi connectivity index (χ1) is 11.6. The number of halogens is 1. The Labute approximate surface area is 149 Å². The zero-order valence-electron chi connectivity index (χ0n) is 13.1. The van der Waals surface area contributed by atoms with E-state index in [0.29, 0.717) is 16.8 Å². The predicted molar refractivity (Wildman–Crippen MR) is 101 cm³/mol. The van der Waals surface area contributed by atoms with Crippen LogP contribution in [0, 0.1) is 0 Å². The molecule has 0 atom stereocenters. The fourth-order valence-corrected chi connectivity index (χ4v) is 2.96. The largest absolute Gasteiger partial charge is 0.465 e. The molecule has 0 aliphatic heterocycles. The van der Waals surface area contributed by atoms with Crippen molar-refractivity contribution in [1.29, 1.82) is 0 Å². The first kappa shape index (κ1) is 16.3. The molecule has 3 aromatic carbocycles. The van der Waals surface area contributed by atoms with Crippen LogP contribution in [0.4, 0.5) is 5.69 Å². The van der Waals surface area contributed by atoms with Gasteiger partial charge in [0.05, 0.1) is 12.7 Å². The van der Waals surface area contributed by atoms with Crippen molar-refractivity contribution in [3.63, 3.8) is 0 Å². The number of nitrogens with two attached hydrogens (primary N) is 1. The van der Waals surface area contributed by atoms with Gasteiger partial charge < -0.3 is 10.5 Å². The molecule has 0 amide bonds. The fourth-order valence-electron chi connectivity index (χ4n) is 2.70. The molecule has 0 spiro atoms. The van der Waals surface area contributed by atoms with Crippen molar-refractivity contribution in [3.8, 4) is 22.3 Å². The highest BCUT2D eigenvalue weighted by atomic mass is 79.9. The van der Waals surface area contributed by atoms with Crippen LogP contribution < -0.4 is 5.73 Å². The van der Waals surface area contributed by atoms with Crippen molar-refractivity contribution in [3.05, 3.63) is 76.8 Å². The van der Waals surface area contributed by atoms with Crippen LogP contribution in [0.15, 0.2) is 71.2 Å². The van der Waals surface area contributed by atoms with Gasteiger partial charge in [-0.1, -0.05) is 64.5 Å². The first-order valence-corrected chi connectivity index (χ1v) is 8.23. The number of rotatable bonds is 3. The summed E-state index contributed by atoms with van der Waals surface area (Å²) in [7, 11) is 1.37. The SMILES string of the molecule is COC(=O)c1ccc(-c2ccc(Br)cc2)c(N)c1-c1ccccc1. The summed E-state index contributed by atoms with van der Waals surface area (Å²) < 4.78 is 5.91. The lowest BCUT2D eigenvalue weighted by Crippen LogP contribution is -2.07. The number of nitrogen functional groups attached to an aromatic ring is 1. The van der Waals surface area contributed by atoms with Crippen molar-refractivity contribution in [2.24, 2.45) is 0 Å². The number of ether oxygens (including phenoxy) is 1. The maximum atomic E-state index is 12.2. The average Bonchev–Trinajstić information content (AvgIpc) is 2.62. The summed E-state index contributed by atoms with van der Waals surface area (Å²) in [4.78, 5) is 12.2. The molecular weight excluding hydrogens is 366 g/mol. The van der Waals surface area contributed by atoms with Gasteiger partial charge in [0.2, 0.25) is 0 Å². The second-order valence-corrected chi connectivity index (χ2v) is 6.23. The molecule has 3 rings (SSSR count). The van der Waals surface area contributed by atoms with Crippen LogP contribution >= 0.6 is 15.9 Å². The van der Waals surface area contributed by atoms with Crippen LogP contribution in [0.1, 0.15) is 10.4 Å². The highest BCUT2D eigenvalue weighted by molar-refractivity contribution is 9.10. The molecule has 0 unspecified atom stereocenters. The van der Waals surface area contributed by atoms with Gasteiger partial charge in [-0.15, -0.1) is 0 Å². The summed E-state index contributed by atoms with van der Waals surface area (Å²) in [5.74, 6) is -0.400. The van der Waals surface area contributed by atoms with E-state index in [1.54, 1.807) is 6.07 Å². The van der Waals surface area contributed by atoms with Crippen LogP contribution in [0.25, 0.3) is 22.3 Å². The number of esters is 1. The molecule has 0 saturated carbocycles. The molecular formula is C20H16BrNO2. The van der Waals surface area contributed by atoms with Gasteiger partial charge in [0.15, 0.2) is 0 Å². The quantitative estimate of drug-likeness (QED) is 0.503. The van der Waals surface area contributed by atoms with Crippen LogP contribution in [-0.4, -0.2) is 13.1 Å². The number of carbonyl (C=O) groups is 1. The van der Waals surface area contributed by atoms with Crippen molar-refractivity contribution < 1.29 is 9.53 Å². The molecule has 0 aliphatic carbocycles. The Kier molecular flexibility index (Phi) is 4.67. The van der Waals surface area contributed by atoms with Gasteiger partial charge in [-0.25, -0.2) is 4.79 Å². The lowest BCUT2D eigenvalue weighted by molar-refractivity contribution is 0.0601. The number of benzene rings is 3. The second-order valence-electron chi connectivity index (χ2n) is 5.31. The molecule has 120 valence electrons. The van der Waals surface area contributed by atoms with Crippen molar-refractivity contribution in [2.45, 2.75) is 0 Å². The monoisotopic (exact) mass is 381 g/mol. The topological polar surface area (TPSA) is 52.3 Å². The molecule has 3 aromatic rings. The molecule has 0 heterocycles. The number of methoxy groups -OCH3 is 1. The summed E-state index contributed by atoms with van der Waals surface area (Å²) in [6, 6.07) is 21.2. The van der Waals surface area contributed by atoms with Gasteiger partial charge in [0.25, 0.3) is 0 Å². The van der Waals surface area contributed by atoms with Gasteiger partial charge in [-0.2, -0.15) is 0 Å². The molecule has 4 heteroatoms. The Morgan fingerprint density at radius 3 is 2.21 bits per heavy atom. The molecule has 0 aliphatic rings. The third-order valence-corrected chi connectivity index (χ3v) is 4.40. The molecule has 0 saturated heterocycles. The maximum Gasteiger partial charge on any atom is 0.338 e. The molecule has 2 N–H and O–H groups in total. The van der Waals surface area contributed by atoms with Crippen LogP contribution in [0.3, 0.4) is 0 Å². The van der Waals surface area contributed by atoms with Gasteiger partial charge in [-0.3, -0.25) is 0 Å². The molecule has 24 heavy (non-hydrogen) atoms. The fraction of sp³-hybridized carbons (Fsp3) is 0.0500. The Morgan fingerprint density at radius 1 is 0.917 bits per heavy atom. The van der Waals surface area contributed by atoms with E-state index in [9.17, 15) is 4.79 Å². The first-order valence-electron chi connectivity index (χ1n) is 7.44. The normalized spacial score (nSPS) is 10.4. The zero-order chi connectivity index (χ0) is 17.1. The Morgan fingerprint density at radius 2 is 1.58 bits per heavy atom. The number of hydrogen-bond acceptors (Lipinski definition) is 3. The highest BCUT2D eigenvalue weighted by Crippen LogP contribution is 2.38. The predicted octanol–water partition coefficient (Wildman–Crippen LogP) is 5.15. The number of hydrogen-bond donors (Lipinski definition) is 1. The molecule has 0 fully saturated rings. The Balaban J connectivity index is 2.25. The van der Waals surface area contributed by atoms with Crippen LogP contribution in [0.2, 0.25) is 0 Å². The van der Waals surface area contributed by atoms with Gasteiger partial charge in [-0.05, 0) is 29.3 Å². The number of carbonyl (C=O) groups excluding carboxylic acids is 1. The lowest BCUT2D eigenvalue weighted by atomic mass is 9.92. The van der Waals surface area contributed by atoms with Crippen LogP contribution in [-0.2, 0) is 4.74 Å². The summed E-state index contributed by atoms with van der Waals surface area (Å²) in [6.45, 7) is 0. The van der Waals surface area contributed by atoms with E-state index in [2.05, 4.69) is 15.9 Å². The van der Waals surface area contributed by atoms with Gasteiger partial charge in [0.1, 0.15) is 0 Å². The summed E-state index contributed by atoms with van der Waals surface area (Å²) >= 11 is 3.44. The third-order valence-electron chi connectivity index (χ3n) is 3.87. The van der Waals surface area contributed by atoms with E-state index in [1.165, 1.54) is 7.11 Å². The molecule has 0 bridgehead atoms. The van der Waals surface area contributed by atoms with Crippen molar-refractivity contribution in [1.82, 2.24) is 0 Å². The number of anilines is 1. The smallest absolute Gasteiger partial charge is 0.338 e. The minimum absolute atomic E-state index is 0.400. The van der Waals surface area contributed by atoms with E-state index in [4.69, 9.17) is 10.5 Å². The highest BCUT2D eigenvalue weighted by Gasteiger charge is 2.19. The molecule has 0 aromatic heterocycles. The summed E-state index contributed by atoms with van der Waals surface area (Å²) in [6.07, 6.45) is 0. The van der Waals surface area contributed by atoms with E-state index >= 15 is 0 Å². The van der Waals surface area contributed by atoms with E-state index in [1.807, 2.05) is 60.7 Å². The lowest BCUT2D eigenvalue weighted by Gasteiger charge is -2.15. The Hall–Kier alpha value is -2.59. The molecule has 0 radical (unpaired) electrons. The average molecular weight is 382 g/mol. The van der Waals surface area contributed by atoms with Gasteiger partial charge >= 0.3 is 5.97 Å². The van der Waals surface area contributed by atoms with Crippen molar-refractivity contribution in [2.75, 3.05) is 12.8 Å². The molecule has 3 nitrogen and oxygen atoms in total. The summed E-state index contributed by atoms with van der Waals surface area (Å²) in [5, 5.41) is 0. The minimum Gasteiger partial charge on any atom is -0.465 e. The maximum absolute atomic E-state index is 12.2. The minimum atomic E-state index is -0.400. The zero-order valence-corrected chi connectivity index (χ0v) is 14.7. The van der Waals surface area contributed by atoms with E-state index < -0.39 is 5.97 Å². The Bertz CT molecular complexity index is 874. The van der Waals surface area contributed by atoms with E-state index in [-0.39, 0.29) is 0 Å². The standard InChI is InChI=1S/C20H16BrNO2/c1-24-20(23)17-12-11-16(13-7-9-15(21)10-8-13)19(22)18(17)14-5-3-2-4-6-14/h2-12H,22H2,1H3. The van der Waals surface area contributed by atoms with Gasteiger partial charge in [0, 0.05) is 21.3 Å².